The lowest BCUT2D eigenvalue weighted by Gasteiger charge is -2.11. The van der Waals surface area contributed by atoms with Gasteiger partial charge in [0.15, 0.2) is 0 Å². The van der Waals surface area contributed by atoms with Crippen molar-refractivity contribution in [3.63, 3.8) is 0 Å². The SMILES string of the molecule is CCOC(=O)c1cccc(I)c1C(=O)OCCCC(C)C. The van der Waals surface area contributed by atoms with E-state index in [-0.39, 0.29) is 12.2 Å². The van der Waals surface area contributed by atoms with Gasteiger partial charge in [0.2, 0.25) is 0 Å². The lowest BCUT2D eigenvalue weighted by Crippen LogP contribution is -2.16. The number of hydrogen-bond acceptors (Lipinski definition) is 4. The maximum absolute atomic E-state index is 12.2. The monoisotopic (exact) mass is 404 g/mol. The fraction of sp³-hybridized carbons (Fsp3) is 0.500. The van der Waals surface area contributed by atoms with Gasteiger partial charge in [-0.2, -0.15) is 0 Å². The maximum Gasteiger partial charge on any atom is 0.340 e. The standard InChI is InChI=1S/C16H21IO4/c1-4-20-15(18)12-8-5-9-13(17)14(12)16(19)21-10-6-7-11(2)3/h5,8-9,11H,4,6-7,10H2,1-3H3. The van der Waals surface area contributed by atoms with E-state index >= 15 is 0 Å². The van der Waals surface area contributed by atoms with Crippen molar-refractivity contribution in [2.45, 2.75) is 33.6 Å². The molecule has 4 nitrogen and oxygen atoms in total. The Morgan fingerprint density at radius 2 is 1.90 bits per heavy atom. The van der Waals surface area contributed by atoms with Crippen LogP contribution in [-0.4, -0.2) is 25.2 Å². The van der Waals surface area contributed by atoms with Crippen LogP contribution in [0.3, 0.4) is 0 Å². The first-order valence-corrected chi connectivity index (χ1v) is 8.18. The first-order chi connectivity index (χ1) is 9.97. The Morgan fingerprint density at radius 1 is 1.19 bits per heavy atom. The Hall–Kier alpha value is -1.11. The largest absolute Gasteiger partial charge is 0.462 e. The first kappa shape index (κ1) is 17.9. The zero-order valence-corrected chi connectivity index (χ0v) is 14.8. The fourth-order valence-electron chi connectivity index (χ4n) is 1.84. The van der Waals surface area contributed by atoms with Gasteiger partial charge in [0.1, 0.15) is 0 Å². The number of rotatable bonds is 7. The van der Waals surface area contributed by atoms with Crippen molar-refractivity contribution in [3.8, 4) is 0 Å². The van der Waals surface area contributed by atoms with E-state index in [1.54, 1.807) is 25.1 Å². The number of halogens is 1. The predicted molar refractivity (Wildman–Crippen MR) is 89.5 cm³/mol. The van der Waals surface area contributed by atoms with Gasteiger partial charge < -0.3 is 9.47 Å². The molecule has 0 aliphatic heterocycles. The lowest BCUT2D eigenvalue weighted by molar-refractivity contribution is 0.0459. The van der Waals surface area contributed by atoms with Gasteiger partial charge in [-0.15, -0.1) is 0 Å². The highest BCUT2D eigenvalue weighted by atomic mass is 127. The van der Waals surface area contributed by atoms with Crippen LogP contribution in [0.2, 0.25) is 0 Å². The van der Waals surface area contributed by atoms with Crippen LogP contribution in [0.5, 0.6) is 0 Å². The lowest BCUT2D eigenvalue weighted by atomic mass is 10.1. The summed E-state index contributed by atoms with van der Waals surface area (Å²) < 4.78 is 10.9. The molecule has 0 heterocycles. The summed E-state index contributed by atoms with van der Waals surface area (Å²) in [5, 5.41) is 0. The van der Waals surface area contributed by atoms with Crippen molar-refractivity contribution < 1.29 is 19.1 Å². The molecule has 1 rings (SSSR count). The molecule has 0 atom stereocenters. The zero-order valence-electron chi connectivity index (χ0n) is 12.6. The van der Waals surface area contributed by atoms with E-state index in [1.165, 1.54) is 0 Å². The Balaban J connectivity index is 2.80. The van der Waals surface area contributed by atoms with Crippen molar-refractivity contribution in [3.05, 3.63) is 32.9 Å². The van der Waals surface area contributed by atoms with Crippen molar-refractivity contribution in [1.29, 1.82) is 0 Å². The van der Waals surface area contributed by atoms with Crippen LogP contribution in [0.25, 0.3) is 0 Å². The molecule has 0 saturated heterocycles. The molecule has 0 unspecified atom stereocenters. The third-order valence-electron chi connectivity index (χ3n) is 2.87. The summed E-state index contributed by atoms with van der Waals surface area (Å²) in [5.41, 5.74) is 0.554. The maximum atomic E-state index is 12.2. The van der Waals surface area contributed by atoms with E-state index in [2.05, 4.69) is 13.8 Å². The Labute approximate surface area is 139 Å². The molecule has 116 valence electrons. The highest BCUT2D eigenvalue weighted by molar-refractivity contribution is 14.1. The van der Waals surface area contributed by atoms with Crippen LogP contribution < -0.4 is 0 Å². The molecule has 1 aromatic carbocycles. The Bertz CT molecular complexity index is 497. The van der Waals surface area contributed by atoms with Crippen LogP contribution in [-0.2, 0) is 9.47 Å². The molecule has 0 aliphatic rings. The van der Waals surface area contributed by atoms with Gasteiger partial charge in [-0.1, -0.05) is 19.9 Å². The summed E-state index contributed by atoms with van der Waals surface area (Å²) in [6.07, 6.45) is 1.82. The molecular weight excluding hydrogens is 383 g/mol. The number of hydrogen-bond donors (Lipinski definition) is 0. The van der Waals surface area contributed by atoms with Crippen LogP contribution in [0.1, 0.15) is 54.3 Å². The van der Waals surface area contributed by atoms with E-state index in [0.29, 0.717) is 21.7 Å². The minimum atomic E-state index is -0.495. The molecule has 21 heavy (non-hydrogen) atoms. The summed E-state index contributed by atoms with van der Waals surface area (Å²) in [7, 11) is 0. The van der Waals surface area contributed by atoms with Crippen LogP contribution in [0.4, 0.5) is 0 Å². The quantitative estimate of drug-likeness (QED) is 0.391. The minimum Gasteiger partial charge on any atom is -0.462 e. The third-order valence-corrected chi connectivity index (χ3v) is 3.77. The van der Waals surface area contributed by atoms with E-state index in [9.17, 15) is 9.59 Å². The second-order valence-corrected chi connectivity index (χ2v) is 6.22. The van der Waals surface area contributed by atoms with E-state index in [1.807, 2.05) is 22.6 Å². The summed E-state index contributed by atoms with van der Waals surface area (Å²) in [4.78, 5) is 24.1. The molecule has 0 aliphatic carbocycles. The Kier molecular flexibility index (Phi) is 7.71. The van der Waals surface area contributed by atoms with Crippen molar-refractivity contribution in [1.82, 2.24) is 0 Å². The number of ether oxygens (including phenoxy) is 2. The van der Waals surface area contributed by atoms with Crippen LogP contribution in [0.15, 0.2) is 18.2 Å². The molecule has 0 aromatic heterocycles. The van der Waals surface area contributed by atoms with Crippen LogP contribution in [0, 0.1) is 9.49 Å². The molecule has 0 radical (unpaired) electrons. The minimum absolute atomic E-state index is 0.262. The van der Waals surface area contributed by atoms with Gasteiger partial charge in [0, 0.05) is 3.57 Å². The molecule has 0 spiro atoms. The smallest absolute Gasteiger partial charge is 0.340 e. The van der Waals surface area contributed by atoms with Gasteiger partial charge in [-0.25, -0.2) is 9.59 Å². The second kappa shape index (κ2) is 9.02. The average Bonchev–Trinajstić information content (AvgIpc) is 2.43. The molecule has 5 heteroatoms. The average molecular weight is 404 g/mol. The fourth-order valence-corrected chi connectivity index (χ4v) is 2.56. The third kappa shape index (κ3) is 5.65. The summed E-state index contributed by atoms with van der Waals surface area (Å²) in [5.74, 6) is -0.382. The zero-order chi connectivity index (χ0) is 15.8. The highest BCUT2D eigenvalue weighted by Crippen LogP contribution is 2.19. The molecule has 0 saturated carbocycles. The van der Waals surface area contributed by atoms with Crippen molar-refractivity contribution in [2.24, 2.45) is 5.92 Å². The summed E-state index contributed by atoms with van der Waals surface area (Å²) in [6.45, 7) is 6.62. The van der Waals surface area contributed by atoms with E-state index in [0.717, 1.165) is 12.8 Å². The predicted octanol–water partition coefficient (Wildman–Crippen LogP) is 4.06. The molecule has 0 bridgehead atoms. The van der Waals surface area contributed by atoms with Crippen LogP contribution >= 0.6 is 22.6 Å². The first-order valence-electron chi connectivity index (χ1n) is 7.10. The normalized spacial score (nSPS) is 10.5. The number of esters is 2. The highest BCUT2D eigenvalue weighted by Gasteiger charge is 2.21. The summed E-state index contributed by atoms with van der Waals surface area (Å²) >= 11 is 2.03. The Morgan fingerprint density at radius 3 is 2.52 bits per heavy atom. The van der Waals surface area contributed by atoms with Crippen molar-refractivity contribution in [2.75, 3.05) is 13.2 Å². The van der Waals surface area contributed by atoms with Gasteiger partial charge in [0.05, 0.1) is 24.3 Å². The topological polar surface area (TPSA) is 52.6 Å². The molecule has 0 amide bonds. The van der Waals surface area contributed by atoms with Gasteiger partial charge >= 0.3 is 11.9 Å². The summed E-state index contributed by atoms with van der Waals surface area (Å²) in [6, 6.07) is 5.09. The number of carbonyl (C=O) groups is 2. The number of carbonyl (C=O) groups excluding carboxylic acids is 2. The van der Waals surface area contributed by atoms with Gasteiger partial charge in [0.25, 0.3) is 0 Å². The number of benzene rings is 1. The molecule has 1 aromatic rings. The van der Waals surface area contributed by atoms with Crippen molar-refractivity contribution >= 4 is 34.5 Å². The van der Waals surface area contributed by atoms with E-state index in [4.69, 9.17) is 9.47 Å². The second-order valence-electron chi connectivity index (χ2n) is 5.05. The van der Waals surface area contributed by atoms with Gasteiger partial charge in [-0.3, -0.25) is 0 Å². The molecule has 0 fully saturated rings. The molecular formula is C16H21IO4. The van der Waals surface area contributed by atoms with E-state index < -0.39 is 11.9 Å². The van der Waals surface area contributed by atoms with Gasteiger partial charge in [-0.05, 0) is 60.4 Å². The molecule has 0 N–H and O–H groups in total.